The number of para-hydroxylation sites is 1. The molecule has 8 nitrogen and oxygen atoms in total. The van der Waals surface area contributed by atoms with Gasteiger partial charge in [0, 0.05) is 6.54 Å². The number of nitrogens with one attached hydrogen (secondary N) is 1. The number of rotatable bonds is 11. The smallest absolute Gasteiger partial charge is 0.376 e. The summed E-state index contributed by atoms with van der Waals surface area (Å²) in [4.78, 5) is 25.6. The highest BCUT2D eigenvalue weighted by molar-refractivity contribution is 6.45. The highest BCUT2D eigenvalue weighted by Gasteiger charge is 2.20. The Morgan fingerprint density at radius 3 is 2.52 bits per heavy atom. The zero-order valence-electron chi connectivity index (χ0n) is 18.0. The van der Waals surface area contributed by atoms with E-state index in [-0.39, 0.29) is 5.70 Å². The van der Waals surface area contributed by atoms with E-state index in [1.54, 1.807) is 24.7 Å². The number of hydrogen-bond donors (Lipinski definition) is 2. The van der Waals surface area contributed by atoms with Crippen molar-refractivity contribution >= 4 is 24.7 Å². The molecule has 0 fully saturated rings. The average Bonchev–Trinajstić information content (AvgIpc) is 2.67. The molecule has 2 N–H and O–H groups in total. The minimum absolute atomic E-state index is 0.0831. The third kappa shape index (κ3) is 8.17. The van der Waals surface area contributed by atoms with Crippen LogP contribution in [-0.2, 0) is 25.6 Å². The van der Waals surface area contributed by atoms with Crippen molar-refractivity contribution in [3.63, 3.8) is 0 Å². The number of hydrogen-bond acceptors (Lipinski definition) is 8. The second-order valence-electron chi connectivity index (χ2n) is 7.07. The van der Waals surface area contributed by atoms with Crippen molar-refractivity contribution < 1.29 is 28.8 Å². The van der Waals surface area contributed by atoms with Crippen molar-refractivity contribution in [1.82, 2.24) is 4.81 Å². The molecule has 0 aromatic heterocycles. The summed E-state index contributed by atoms with van der Waals surface area (Å²) < 4.78 is 15.3. The Morgan fingerprint density at radius 1 is 1.28 bits per heavy atom. The molecule has 0 unspecified atom stereocenters. The SMILES string of the molecule is COC(=O)/C=C(\Nc1c(CN(C)B(C)O)cccc1OCCC(C)C)C(=O)OC. The van der Waals surface area contributed by atoms with Gasteiger partial charge in [-0.25, -0.2) is 9.59 Å². The van der Waals surface area contributed by atoms with Gasteiger partial charge in [-0.15, -0.1) is 0 Å². The molecule has 0 saturated heterocycles. The van der Waals surface area contributed by atoms with Crippen LogP contribution in [0.3, 0.4) is 0 Å². The van der Waals surface area contributed by atoms with Crippen LogP contribution in [0.2, 0.25) is 6.82 Å². The molecule has 0 aliphatic heterocycles. The highest BCUT2D eigenvalue weighted by Crippen LogP contribution is 2.31. The van der Waals surface area contributed by atoms with Crippen LogP contribution in [0.15, 0.2) is 30.0 Å². The van der Waals surface area contributed by atoms with Crippen LogP contribution in [0.5, 0.6) is 5.75 Å². The van der Waals surface area contributed by atoms with Gasteiger partial charge in [0.2, 0.25) is 0 Å². The number of ether oxygens (including phenoxy) is 3. The monoisotopic (exact) mass is 406 g/mol. The lowest BCUT2D eigenvalue weighted by molar-refractivity contribution is -0.138. The minimum atomic E-state index is -0.720. The van der Waals surface area contributed by atoms with Crippen LogP contribution in [0.1, 0.15) is 25.8 Å². The van der Waals surface area contributed by atoms with Crippen LogP contribution in [0, 0.1) is 5.92 Å². The van der Waals surface area contributed by atoms with E-state index in [1.807, 2.05) is 12.1 Å². The third-order valence-electron chi connectivity index (χ3n) is 4.25. The minimum Gasteiger partial charge on any atom is -0.491 e. The molecule has 0 aliphatic rings. The van der Waals surface area contributed by atoms with Gasteiger partial charge >= 0.3 is 19.0 Å². The van der Waals surface area contributed by atoms with Crippen molar-refractivity contribution in [3.8, 4) is 5.75 Å². The van der Waals surface area contributed by atoms with Crippen molar-refractivity contribution in [2.45, 2.75) is 33.6 Å². The summed E-state index contributed by atoms with van der Waals surface area (Å²) in [5, 5.41) is 12.8. The molecule has 0 radical (unpaired) electrons. The molecule has 0 bridgehead atoms. The number of nitrogens with zero attached hydrogens (tertiary/aromatic N) is 1. The Hall–Kier alpha value is -2.52. The molecule has 1 aromatic carbocycles. The van der Waals surface area contributed by atoms with E-state index >= 15 is 0 Å². The normalized spacial score (nSPS) is 11.4. The van der Waals surface area contributed by atoms with E-state index in [4.69, 9.17) is 9.47 Å². The lowest BCUT2D eigenvalue weighted by Gasteiger charge is -2.22. The number of esters is 2. The van der Waals surface area contributed by atoms with Crippen molar-refractivity contribution in [2.24, 2.45) is 5.92 Å². The molecule has 0 atom stereocenters. The van der Waals surface area contributed by atoms with Crippen LogP contribution < -0.4 is 10.1 Å². The van der Waals surface area contributed by atoms with Crippen LogP contribution in [0.4, 0.5) is 5.69 Å². The summed E-state index contributed by atoms with van der Waals surface area (Å²) in [6.07, 6.45) is 1.89. The Morgan fingerprint density at radius 2 is 1.97 bits per heavy atom. The first kappa shape index (κ1) is 24.5. The topological polar surface area (TPSA) is 97.3 Å². The van der Waals surface area contributed by atoms with E-state index in [0.29, 0.717) is 30.5 Å². The van der Waals surface area contributed by atoms with Crippen molar-refractivity contribution in [2.75, 3.05) is 33.2 Å². The van der Waals surface area contributed by atoms with Crippen molar-refractivity contribution in [1.29, 1.82) is 0 Å². The average molecular weight is 406 g/mol. The van der Waals surface area contributed by atoms with E-state index in [9.17, 15) is 14.6 Å². The maximum atomic E-state index is 12.2. The first-order chi connectivity index (χ1) is 13.7. The first-order valence-corrected chi connectivity index (χ1v) is 9.47. The fourth-order valence-corrected chi connectivity index (χ4v) is 2.34. The predicted molar refractivity (Wildman–Crippen MR) is 112 cm³/mol. The molecular formula is C20H31BN2O6. The molecule has 0 saturated carbocycles. The van der Waals surface area contributed by atoms with E-state index in [0.717, 1.165) is 18.1 Å². The zero-order valence-corrected chi connectivity index (χ0v) is 18.0. The fourth-order valence-electron chi connectivity index (χ4n) is 2.34. The van der Waals surface area contributed by atoms with Crippen LogP contribution in [0.25, 0.3) is 0 Å². The van der Waals surface area contributed by atoms with Gasteiger partial charge in [0.25, 0.3) is 0 Å². The Labute approximate surface area is 172 Å². The van der Waals surface area contributed by atoms with Gasteiger partial charge in [0.05, 0.1) is 32.6 Å². The second-order valence-corrected chi connectivity index (χ2v) is 7.07. The molecule has 0 aliphatic carbocycles. The largest absolute Gasteiger partial charge is 0.491 e. The molecule has 1 aromatic rings. The maximum absolute atomic E-state index is 12.2. The number of carbonyl (C=O) groups excluding carboxylic acids is 2. The molecule has 1 rings (SSSR count). The molecule has 160 valence electrons. The van der Waals surface area contributed by atoms with E-state index < -0.39 is 19.0 Å². The molecule has 0 amide bonds. The van der Waals surface area contributed by atoms with Gasteiger partial charge < -0.3 is 29.4 Å². The van der Waals surface area contributed by atoms with Crippen LogP contribution in [-0.4, -0.2) is 56.7 Å². The van der Waals surface area contributed by atoms with Gasteiger partial charge in [0.1, 0.15) is 11.4 Å². The van der Waals surface area contributed by atoms with Gasteiger partial charge in [-0.1, -0.05) is 26.0 Å². The van der Waals surface area contributed by atoms with E-state index in [1.165, 1.54) is 14.2 Å². The van der Waals surface area contributed by atoms with Gasteiger partial charge in [-0.05, 0) is 37.8 Å². The van der Waals surface area contributed by atoms with Gasteiger partial charge in [-0.3, -0.25) is 0 Å². The molecule has 9 heteroatoms. The fraction of sp³-hybridized carbons (Fsp3) is 0.500. The summed E-state index contributed by atoms with van der Waals surface area (Å²) in [6.45, 7) is 6.74. The molecular weight excluding hydrogens is 375 g/mol. The Balaban J connectivity index is 3.32. The third-order valence-corrected chi connectivity index (χ3v) is 4.25. The lowest BCUT2D eigenvalue weighted by atomic mass is 9.85. The number of methoxy groups -OCH3 is 2. The summed E-state index contributed by atoms with van der Waals surface area (Å²) >= 11 is 0. The van der Waals surface area contributed by atoms with Gasteiger partial charge in [0.15, 0.2) is 0 Å². The highest BCUT2D eigenvalue weighted by atomic mass is 16.5. The number of anilines is 1. The quantitative estimate of drug-likeness (QED) is 0.328. The first-order valence-electron chi connectivity index (χ1n) is 9.47. The van der Waals surface area contributed by atoms with Crippen molar-refractivity contribution in [3.05, 3.63) is 35.5 Å². The standard InChI is InChI=1S/C20H31BN2O6/c1-14(2)10-11-29-17-9-7-8-15(13-23(4)21(3)26)19(17)22-16(20(25)28-6)12-18(24)27-5/h7-9,12,14,22,26H,10-11,13H2,1-6H3/b16-12-. The van der Waals surface area contributed by atoms with E-state index in [2.05, 4.69) is 23.9 Å². The summed E-state index contributed by atoms with van der Waals surface area (Å²) in [5.74, 6) is -0.413. The molecule has 29 heavy (non-hydrogen) atoms. The maximum Gasteiger partial charge on any atom is 0.376 e. The summed E-state index contributed by atoms with van der Waals surface area (Å²) in [6, 6.07) is 5.47. The Bertz CT molecular complexity index is 721. The molecule has 0 spiro atoms. The lowest BCUT2D eigenvalue weighted by Crippen LogP contribution is -2.33. The Kier molecular flexibility index (Phi) is 10.3. The summed E-state index contributed by atoms with van der Waals surface area (Å²) in [5.41, 5.74) is 1.21. The van der Waals surface area contributed by atoms with Crippen LogP contribution >= 0.6 is 0 Å². The second kappa shape index (κ2) is 12.1. The number of benzene rings is 1. The predicted octanol–water partition coefficient (Wildman–Crippen LogP) is 2.30. The zero-order chi connectivity index (χ0) is 22.0. The number of carbonyl (C=O) groups is 2. The molecule has 0 heterocycles. The van der Waals surface area contributed by atoms with Gasteiger partial charge in [-0.2, -0.15) is 0 Å². The summed E-state index contributed by atoms with van der Waals surface area (Å²) in [7, 11) is 3.55.